The number of nitrogens with zero attached hydrogens (tertiary/aromatic N) is 2. The van der Waals surface area contributed by atoms with E-state index in [-0.39, 0.29) is 17.9 Å². The van der Waals surface area contributed by atoms with Gasteiger partial charge in [0.1, 0.15) is 23.4 Å². The quantitative estimate of drug-likeness (QED) is 0.690. The second-order valence-corrected chi connectivity index (χ2v) is 6.55. The number of hydrogen-bond acceptors (Lipinski definition) is 4. The van der Waals surface area contributed by atoms with Crippen LogP contribution < -0.4 is 15.4 Å². The topological polar surface area (TPSA) is 68.2 Å². The first kappa shape index (κ1) is 18.2. The van der Waals surface area contributed by atoms with Gasteiger partial charge < -0.3 is 10.1 Å². The molecule has 28 heavy (non-hydrogen) atoms. The van der Waals surface area contributed by atoms with Gasteiger partial charge in [0, 0.05) is 12.1 Å². The predicted molar refractivity (Wildman–Crippen MR) is 103 cm³/mol. The van der Waals surface area contributed by atoms with Crippen LogP contribution in [0.5, 0.6) is 5.75 Å². The minimum absolute atomic E-state index is 0.169. The summed E-state index contributed by atoms with van der Waals surface area (Å²) in [5, 5.41) is 10.9. The van der Waals surface area contributed by atoms with Gasteiger partial charge in [0.25, 0.3) is 5.91 Å². The maximum Gasteiger partial charge on any atom is 0.269 e. The molecule has 2 aromatic carbocycles. The third kappa shape index (κ3) is 3.75. The molecule has 0 unspecified atom stereocenters. The third-order valence-corrected chi connectivity index (χ3v) is 4.61. The molecule has 1 amide bonds. The van der Waals surface area contributed by atoms with Crippen molar-refractivity contribution in [2.45, 2.75) is 19.6 Å². The Labute approximate surface area is 162 Å². The first-order chi connectivity index (χ1) is 13.6. The normalized spacial score (nSPS) is 15.8. The van der Waals surface area contributed by atoms with Crippen LogP contribution in [0, 0.1) is 5.82 Å². The van der Waals surface area contributed by atoms with Gasteiger partial charge in [-0.15, -0.1) is 0 Å². The number of carbonyl (C=O) groups excluding carboxylic acids is 1. The molecule has 144 valence electrons. The molecule has 1 aliphatic rings. The van der Waals surface area contributed by atoms with Crippen LogP contribution in [0.1, 0.15) is 29.1 Å². The molecule has 0 fully saturated rings. The maximum atomic E-state index is 13.2. The zero-order valence-electron chi connectivity index (χ0n) is 15.5. The Morgan fingerprint density at radius 2 is 2.07 bits per heavy atom. The smallest absolute Gasteiger partial charge is 0.269 e. The van der Waals surface area contributed by atoms with Crippen LogP contribution in [0.25, 0.3) is 11.3 Å². The van der Waals surface area contributed by atoms with E-state index < -0.39 is 0 Å². The summed E-state index contributed by atoms with van der Waals surface area (Å²) >= 11 is 0. The van der Waals surface area contributed by atoms with Gasteiger partial charge in [-0.05, 0) is 55.0 Å². The Hall–Kier alpha value is -3.19. The van der Waals surface area contributed by atoms with E-state index in [0.29, 0.717) is 31.1 Å². The third-order valence-electron chi connectivity index (χ3n) is 4.61. The fourth-order valence-electron chi connectivity index (χ4n) is 3.24. The maximum absolute atomic E-state index is 13.2. The van der Waals surface area contributed by atoms with Crippen molar-refractivity contribution < 1.29 is 13.9 Å². The molecule has 0 aliphatic carbocycles. The second kappa shape index (κ2) is 7.82. The lowest BCUT2D eigenvalue weighted by Gasteiger charge is -2.26. The van der Waals surface area contributed by atoms with Crippen LogP contribution >= 0.6 is 0 Å². The molecule has 2 N–H and O–H groups in total. The zero-order chi connectivity index (χ0) is 19.5. The lowest BCUT2D eigenvalue weighted by atomic mass is 10.1. The fraction of sp³-hybridized carbons (Fsp3) is 0.238. The number of hydrogen-bond donors (Lipinski definition) is 2. The van der Waals surface area contributed by atoms with E-state index in [2.05, 4.69) is 15.7 Å². The van der Waals surface area contributed by atoms with Gasteiger partial charge in [-0.1, -0.05) is 12.1 Å². The molecule has 0 spiro atoms. The van der Waals surface area contributed by atoms with Gasteiger partial charge in [0.05, 0.1) is 18.8 Å². The molecule has 3 aromatic rings. The molecule has 1 aliphatic heterocycles. The Morgan fingerprint density at radius 3 is 2.86 bits per heavy atom. The highest BCUT2D eigenvalue weighted by atomic mass is 19.1. The summed E-state index contributed by atoms with van der Waals surface area (Å²) in [6.45, 7) is 3.61. The average Bonchev–Trinajstić information content (AvgIpc) is 3.15. The highest BCUT2D eigenvalue weighted by Gasteiger charge is 2.27. The number of nitrogens with one attached hydrogen (secondary N) is 2. The molecule has 0 saturated carbocycles. The SMILES string of the molecule is CCOc1cccc(CN[C@H]2CNC(=O)c3cc(-c4ccc(F)cc4)nn32)c1. The van der Waals surface area contributed by atoms with Crippen molar-refractivity contribution in [3.05, 3.63) is 71.7 Å². The van der Waals surface area contributed by atoms with Crippen molar-refractivity contribution >= 4 is 5.91 Å². The monoisotopic (exact) mass is 380 g/mol. The number of amides is 1. The van der Waals surface area contributed by atoms with Gasteiger partial charge in [0.15, 0.2) is 0 Å². The lowest BCUT2D eigenvalue weighted by molar-refractivity contribution is 0.0900. The molecule has 0 saturated heterocycles. The molecule has 7 heteroatoms. The van der Waals surface area contributed by atoms with Crippen LogP contribution in [0.3, 0.4) is 0 Å². The number of ether oxygens (including phenoxy) is 1. The summed E-state index contributed by atoms with van der Waals surface area (Å²) < 4.78 is 20.4. The van der Waals surface area contributed by atoms with Crippen molar-refractivity contribution in [3.63, 3.8) is 0 Å². The summed E-state index contributed by atoms with van der Waals surface area (Å²) in [5.74, 6) is 0.355. The first-order valence-electron chi connectivity index (χ1n) is 9.23. The van der Waals surface area contributed by atoms with Crippen molar-refractivity contribution in [2.24, 2.45) is 0 Å². The van der Waals surface area contributed by atoms with Crippen LogP contribution in [-0.2, 0) is 6.54 Å². The van der Waals surface area contributed by atoms with Crippen LogP contribution in [-0.4, -0.2) is 28.8 Å². The van der Waals surface area contributed by atoms with Crippen molar-refractivity contribution in [1.82, 2.24) is 20.4 Å². The van der Waals surface area contributed by atoms with E-state index in [9.17, 15) is 9.18 Å². The van der Waals surface area contributed by atoms with Crippen LogP contribution in [0.4, 0.5) is 4.39 Å². The number of carbonyl (C=O) groups is 1. The first-order valence-corrected chi connectivity index (χ1v) is 9.23. The minimum Gasteiger partial charge on any atom is -0.494 e. The molecular weight excluding hydrogens is 359 g/mol. The van der Waals surface area contributed by atoms with Crippen LogP contribution in [0.2, 0.25) is 0 Å². The average molecular weight is 380 g/mol. The standard InChI is InChI=1S/C21H21FN4O2/c1-2-28-17-5-3-4-14(10-17)12-23-20-13-24-21(27)19-11-18(25-26(19)20)15-6-8-16(22)9-7-15/h3-11,20,23H,2,12-13H2,1H3,(H,24,27)/t20-/m1/s1. The highest BCUT2D eigenvalue weighted by Crippen LogP contribution is 2.23. The van der Waals surface area contributed by atoms with Crippen LogP contribution in [0.15, 0.2) is 54.6 Å². The summed E-state index contributed by atoms with van der Waals surface area (Å²) in [4.78, 5) is 12.2. The second-order valence-electron chi connectivity index (χ2n) is 6.55. The lowest BCUT2D eigenvalue weighted by Crippen LogP contribution is -2.45. The predicted octanol–water partition coefficient (Wildman–Crippen LogP) is 3.12. The molecule has 4 rings (SSSR count). The summed E-state index contributed by atoms with van der Waals surface area (Å²) in [7, 11) is 0. The number of halogens is 1. The minimum atomic E-state index is -0.306. The highest BCUT2D eigenvalue weighted by molar-refractivity contribution is 5.94. The number of fused-ring (bicyclic) bond motifs is 1. The van der Waals surface area contributed by atoms with E-state index in [1.807, 2.05) is 31.2 Å². The fourth-order valence-corrected chi connectivity index (χ4v) is 3.24. The molecule has 1 atom stereocenters. The summed E-state index contributed by atoms with van der Waals surface area (Å²) in [6, 6.07) is 15.7. The van der Waals surface area contributed by atoms with Crippen molar-refractivity contribution in [3.8, 4) is 17.0 Å². The van der Waals surface area contributed by atoms with E-state index in [4.69, 9.17) is 4.74 Å². The van der Waals surface area contributed by atoms with E-state index in [0.717, 1.165) is 16.9 Å². The largest absolute Gasteiger partial charge is 0.494 e. The van der Waals surface area contributed by atoms with E-state index in [1.54, 1.807) is 22.9 Å². The summed E-state index contributed by atoms with van der Waals surface area (Å²) in [6.07, 6.45) is -0.183. The molecule has 2 heterocycles. The van der Waals surface area contributed by atoms with Gasteiger partial charge >= 0.3 is 0 Å². The van der Waals surface area contributed by atoms with E-state index in [1.165, 1.54) is 12.1 Å². The molecule has 6 nitrogen and oxygen atoms in total. The van der Waals surface area contributed by atoms with Gasteiger partial charge in [-0.25, -0.2) is 9.07 Å². The van der Waals surface area contributed by atoms with Gasteiger partial charge in [-0.2, -0.15) is 5.10 Å². The Morgan fingerprint density at radius 1 is 1.25 bits per heavy atom. The Balaban J connectivity index is 1.54. The van der Waals surface area contributed by atoms with Crippen molar-refractivity contribution in [1.29, 1.82) is 0 Å². The summed E-state index contributed by atoms with van der Waals surface area (Å²) in [5.41, 5.74) is 2.96. The number of rotatable bonds is 6. The van der Waals surface area contributed by atoms with Gasteiger partial charge in [-0.3, -0.25) is 10.1 Å². The molecule has 0 radical (unpaired) electrons. The number of benzene rings is 2. The van der Waals surface area contributed by atoms with Gasteiger partial charge in [0.2, 0.25) is 0 Å². The number of aromatic nitrogens is 2. The molecular formula is C21H21FN4O2. The Bertz CT molecular complexity index is 984. The molecule has 0 bridgehead atoms. The molecule has 1 aromatic heterocycles. The van der Waals surface area contributed by atoms with Crippen molar-refractivity contribution in [2.75, 3.05) is 13.2 Å². The van der Waals surface area contributed by atoms with E-state index >= 15 is 0 Å². The zero-order valence-corrected chi connectivity index (χ0v) is 15.5. The Kier molecular flexibility index (Phi) is 5.08.